The van der Waals surface area contributed by atoms with Gasteiger partial charge in [-0.15, -0.1) is 0 Å². The van der Waals surface area contributed by atoms with Gasteiger partial charge in [0.05, 0.1) is 5.56 Å². The predicted octanol–water partition coefficient (Wildman–Crippen LogP) is 4.69. The van der Waals surface area contributed by atoms with Gasteiger partial charge in [0.25, 0.3) is 0 Å². The molecule has 2 aromatic carbocycles. The molecule has 0 saturated heterocycles. The maximum atomic E-state index is 13.2. The van der Waals surface area contributed by atoms with E-state index in [9.17, 15) is 22.7 Å². The second kappa shape index (κ2) is 5.54. The summed E-state index contributed by atoms with van der Waals surface area (Å²) >= 11 is 3.22. The molecule has 106 valence electrons. The number of halogens is 5. The molecule has 0 bridgehead atoms. The fourth-order valence-electron chi connectivity index (χ4n) is 1.77. The Morgan fingerprint density at radius 1 is 0.950 bits per heavy atom. The fourth-order valence-corrected chi connectivity index (χ4v) is 2.03. The van der Waals surface area contributed by atoms with Crippen molar-refractivity contribution < 1.29 is 22.7 Å². The number of aliphatic hydroxyl groups excluding tert-OH is 1. The first-order valence-corrected chi connectivity index (χ1v) is 6.38. The average Bonchev–Trinajstić information content (AvgIpc) is 2.38. The molecule has 0 heterocycles. The van der Waals surface area contributed by atoms with Crippen LogP contribution in [0, 0.1) is 5.82 Å². The maximum Gasteiger partial charge on any atom is 0.419 e. The van der Waals surface area contributed by atoms with Gasteiger partial charge < -0.3 is 5.11 Å². The quantitative estimate of drug-likeness (QED) is 0.780. The van der Waals surface area contributed by atoms with Gasteiger partial charge in [0, 0.05) is 4.47 Å². The van der Waals surface area contributed by atoms with Crippen molar-refractivity contribution >= 4 is 15.9 Å². The van der Waals surface area contributed by atoms with E-state index in [1.165, 1.54) is 0 Å². The molecule has 0 fully saturated rings. The molecule has 0 radical (unpaired) electrons. The molecule has 0 amide bonds. The van der Waals surface area contributed by atoms with Crippen LogP contribution < -0.4 is 0 Å². The molecule has 1 N–H and O–H groups in total. The molecule has 1 atom stereocenters. The van der Waals surface area contributed by atoms with Crippen LogP contribution >= 0.6 is 15.9 Å². The van der Waals surface area contributed by atoms with E-state index in [0.717, 1.165) is 10.5 Å². The maximum absolute atomic E-state index is 13.2. The Balaban J connectivity index is 2.40. The summed E-state index contributed by atoms with van der Waals surface area (Å²) in [5.41, 5.74) is -0.972. The van der Waals surface area contributed by atoms with E-state index in [-0.39, 0.29) is 5.56 Å². The molecule has 0 aliphatic rings. The number of hydrogen-bond acceptors (Lipinski definition) is 1. The summed E-state index contributed by atoms with van der Waals surface area (Å²) in [6, 6.07) is 8.94. The summed E-state index contributed by atoms with van der Waals surface area (Å²) in [5, 5.41) is 10.1. The highest BCUT2D eigenvalue weighted by molar-refractivity contribution is 9.10. The monoisotopic (exact) mass is 348 g/mol. The van der Waals surface area contributed by atoms with Gasteiger partial charge in [-0.1, -0.05) is 34.1 Å². The normalized spacial score (nSPS) is 13.3. The largest absolute Gasteiger partial charge is 0.419 e. The molecule has 6 heteroatoms. The molecule has 20 heavy (non-hydrogen) atoms. The molecule has 1 nitrogen and oxygen atoms in total. The minimum absolute atomic E-state index is 0.0129. The van der Waals surface area contributed by atoms with Crippen molar-refractivity contribution in [3.63, 3.8) is 0 Å². The average molecular weight is 349 g/mol. The van der Waals surface area contributed by atoms with Crippen LogP contribution in [0.3, 0.4) is 0 Å². The van der Waals surface area contributed by atoms with Crippen molar-refractivity contribution in [2.75, 3.05) is 0 Å². The third-order valence-corrected chi connectivity index (χ3v) is 3.33. The van der Waals surface area contributed by atoms with Gasteiger partial charge in [0.15, 0.2) is 0 Å². The number of aliphatic hydroxyl groups is 1. The van der Waals surface area contributed by atoms with Gasteiger partial charge in [-0.3, -0.25) is 0 Å². The Labute approximate surface area is 121 Å². The molecule has 0 spiro atoms. The third kappa shape index (κ3) is 3.19. The highest BCUT2D eigenvalue weighted by atomic mass is 79.9. The van der Waals surface area contributed by atoms with E-state index in [1.807, 2.05) is 0 Å². The summed E-state index contributed by atoms with van der Waals surface area (Å²) in [4.78, 5) is 0. The Kier molecular flexibility index (Phi) is 4.15. The van der Waals surface area contributed by atoms with Crippen molar-refractivity contribution in [1.29, 1.82) is 0 Å². The summed E-state index contributed by atoms with van der Waals surface area (Å²) in [5.74, 6) is -1.36. The standard InChI is InChI=1S/C14H9BrF4O/c15-10-4-1-8(2-5-10)13(20)9-3-6-12(16)11(7-9)14(17,18)19/h1-7,13,20H. The van der Waals surface area contributed by atoms with Gasteiger partial charge in [0.2, 0.25) is 0 Å². The van der Waals surface area contributed by atoms with Gasteiger partial charge in [-0.05, 0) is 35.4 Å². The van der Waals surface area contributed by atoms with Gasteiger partial charge in [-0.25, -0.2) is 4.39 Å². The number of benzene rings is 2. The Morgan fingerprint density at radius 2 is 1.50 bits per heavy atom. The van der Waals surface area contributed by atoms with Crippen LogP contribution in [0.5, 0.6) is 0 Å². The predicted molar refractivity (Wildman–Crippen MR) is 69.6 cm³/mol. The number of alkyl halides is 3. The van der Waals surface area contributed by atoms with E-state index in [4.69, 9.17) is 0 Å². The lowest BCUT2D eigenvalue weighted by atomic mass is 9.99. The van der Waals surface area contributed by atoms with Crippen molar-refractivity contribution in [3.8, 4) is 0 Å². The smallest absolute Gasteiger partial charge is 0.384 e. The number of hydrogen-bond donors (Lipinski definition) is 1. The molecule has 0 aliphatic carbocycles. The van der Waals surface area contributed by atoms with E-state index in [1.54, 1.807) is 24.3 Å². The second-order valence-corrected chi connectivity index (χ2v) is 5.11. The summed E-state index contributed by atoms with van der Waals surface area (Å²) in [6.07, 6.45) is -6.04. The lowest BCUT2D eigenvalue weighted by Gasteiger charge is -2.15. The van der Waals surface area contributed by atoms with Crippen molar-refractivity contribution in [1.82, 2.24) is 0 Å². The zero-order chi connectivity index (χ0) is 14.9. The van der Waals surface area contributed by atoms with Crippen LogP contribution in [0.1, 0.15) is 22.8 Å². The zero-order valence-electron chi connectivity index (χ0n) is 9.96. The van der Waals surface area contributed by atoms with Crippen LogP contribution in [0.15, 0.2) is 46.9 Å². The zero-order valence-corrected chi connectivity index (χ0v) is 11.5. The summed E-state index contributed by atoms with van der Waals surface area (Å²) < 4.78 is 51.8. The molecule has 0 aromatic heterocycles. The fraction of sp³-hybridized carbons (Fsp3) is 0.143. The first-order valence-electron chi connectivity index (χ1n) is 5.59. The van der Waals surface area contributed by atoms with Crippen molar-refractivity contribution in [2.24, 2.45) is 0 Å². The van der Waals surface area contributed by atoms with Crippen LogP contribution in [0.4, 0.5) is 17.6 Å². The molecular formula is C14H9BrF4O. The first-order chi connectivity index (χ1) is 9.29. The van der Waals surface area contributed by atoms with Gasteiger partial charge >= 0.3 is 6.18 Å². The Bertz CT molecular complexity index is 608. The lowest BCUT2D eigenvalue weighted by molar-refractivity contribution is -0.140. The summed E-state index contributed by atoms with van der Waals surface area (Å²) in [6.45, 7) is 0. The minimum atomic E-state index is -4.79. The first kappa shape index (κ1) is 15.0. The Morgan fingerprint density at radius 3 is 2.05 bits per heavy atom. The molecule has 0 saturated carbocycles. The van der Waals surface area contributed by atoms with E-state index in [0.29, 0.717) is 17.7 Å². The van der Waals surface area contributed by atoms with Gasteiger partial charge in [-0.2, -0.15) is 13.2 Å². The molecule has 0 aliphatic heterocycles. The van der Waals surface area contributed by atoms with E-state index in [2.05, 4.69) is 15.9 Å². The molecule has 2 rings (SSSR count). The van der Waals surface area contributed by atoms with E-state index < -0.39 is 23.7 Å². The topological polar surface area (TPSA) is 20.2 Å². The second-order valence-electron chi connectivity index (χ2n) is 4.19. The summed E-state index contributed by atoms with van der Waals surface area (Å²) in [7, 11) is 0. The van der Waals surface area contributed by atoms with Crippen LogP contribution in [0.25, 0.3) is 0 Å². The van der Waals surface area contributed by atoms with E-state index >= 15 is 0 Å². The Hall–Kier alpha value is -1.40. The van der Waals surface area contributed by atoms with Crippen molar-refractivity contribution in [2.45, 2.75) is 12.3 Å². The highest BCUT2D eigenvalue weighted by Gasteiger charge is 2.34. The third-order valence-electron chi connectivity index (χ3n) is 2.80. The van der Waals surface area contributed by atoms with Crippen LogP contribution in [-0.4, -0.2) is 5.11 Å². The number of rotatable bonds is 2. The minimum Gasteiger partial charge on any atom is -0.384 e. The van der Waals surface area contributed by atoms with Crippen LogP contribution in [0.2, 0.25) is 0 Å². The highest BCUT2D eigenvalue weighted by Crippen LogP contribution is 2.34. The molecule has 1 unspecified atom stereocenters. The van der Waals surface area contributed by atoms with Crippen LogP contribution in [-0.2, 0) is 6.18 Å². The van der Waals surface area contributed by atoms with Gasteiger partial charge in [0.1, 0.15) is 11.9 Å². The van der Waals surface area contributed by atoms with Crippen molar-refractivity contribution in [3.05, 3.63) is 69.4 Å². The SMILES string of the molecule is OC(c1ccc(Br)cc1)c1ccc(F)c(C(F)(F)F)c1. The molecular weight excluding hydrogens is 340 g/mol. The molecule has 2 aromatic rings. The lowest BCUT2D eigenvalue weighted by Crippen LogP contribution is -2.10.